The molecule has 0 bridgehead atoms. The lowest BCUT2D eigenvalue weighted by atomic mass is 9.81. The van der Waals surface area contributed by atoms with Crippen molar-refractivity contribution >= 4 is 15.9 Å². The van der Waals surface area contributed by atoms with Crippen LogP contribution < -0.4 is 0 Å². The maximum absolute atomic E-state index is 3.76. The van der Waals surface area contributed by atoms with E-state index in [2.05, 4.69) is 34.7 Å². The fourth-order valence-electron chi connectivity index (χ4n) is 2.93. The van der Waals surface area contributed by atoms with Gasteiger partial charge in [-0.1, -0.05) is 42.6 Å². The van der Waals surface area contributed by atoms with Gasteiger partial charge >= 0.3 is 0 Å². The fourth-order valence-corrected chi connectivity index (χ4v) is 3.67. The third-order valence-corrected chi connectivity index (χ3v) is 4.79. The van der Waals surface area contributed by atoms with E-state index in [4.69, 9.17) is 0 Å². The topological polar surface area (TPSA) is 3.24 Å². The van der Waals surface area contributed by atoms with E-state index in [1.165, 1.54) is 63.5 Å². The van der Waals surface area contributed by atoms with E-state index in [9.17, 15) is 0 Å². The van der Waals surface area contributed by atoms with Gasteiger partial charge in [0.1, 0.15) is 0 Å². The molecule has 0 spiro atoms. The van der Waals surface area contributed by atoms with Crippen LogP contribution in [-0.2, 0) is 0 Å². The van der Waals surface area contributed by atoms with Crippen molar-refractivity contribution in [2.24, 2.45) is 5.41 Å². The molecule has 15 heavy (non-hydrogen) atoms. The first kappa shape index (κ1) is 13.5. The molecule has 1 saturated heterocycles. The average Bonchev–Trinajstić information content (AvgIpc) is 2.71. The molecule has 90 valence electrons. The van der Waals surface area contributed by atoms with E-state index in [0.29, 0.717) is 5.41 Å². The van der Waals surface area contributed by atoms with Crippen LogP contribution in [0.2, 0.25) is 0 Å². The Morgan fingerprint density at radius 3 is 2.00 bits per heavy atom. The zero-order chi connectivity index (χ0) is 11.1. The highest BCUT2D eigenvalue weighted by Crippen LogP contribution is 2.34. The molecule has 1 fully saturated rings. The maximum Gasteiger partial charge on any atom is 0.0100 e. The molecule has 0 saturated carbocycles. The monoisotopic (exact) mass is 275 g/mol. The molecule has 0 atom stereocenters. The summed E-state index contributed by atoms with van der Waals surface area (Å²) in [5.74, 6) is 0. The van der Waals surface area contributed by atoms with Gasteiger partial charge in [0.05, 0.1) is 0 Å². The summed E-state index contributed by atoms with van der Waals surface area (Å²) in [5, 5.41) is 1.18. The van der Waals surface area contributed by atoms with E-state index in [-0.39, 0.29) is 0 Å². The fraction of sp³-hybridized carbons (Fsp3) is 1.00. The molecule has 0 aromatic heterocycles. The molecular weight excluding hydrogens is 250 g/mol. The van der Waals surface area contributed by atoms with Crippen LogP contribution in [-0.4, -0.2) is 29.9 Å². The van der Waals surface area contributed by atoms with E-state index >= 15 is 0 Å². The third-order valence-electron chi connectivity index (χ3n) is 3.60. The SMILES string of the molecule is CCCC(CBr)(CCC)CN1CCCC1. The predicted molar refractivity (Wildman–Crippen MR) is 71.7 cm³/mol. The van der Waals surface area contributed by atoms with Gasteiger partial charge in [-0.05, 0) is 44.2 Å². The third kappa shape index (κ3) is 4.07. The number of likely N-dealkylation sites (tertiary alicyclic amines) is 1. The van der Waals surface area contributed by atoms with Crippen molar-refractivity contribution in [3.8, 4) is 0 Å². The van der Waals surface area contributed by atoms with Gasteiger partial charge in [-0.25, -0.2) is 0 Å². The van der Waals surface area contributed by atoms with Gasteiger partial charge in [0.2, 0.25) is 0 Å². The van der Waals surface area contributed by atoms with E-state index in [0.717, 1.165) is 0 Å². The highest BCUT2D eigenvalue weighted by molar-refractivity contribution is 9.09. The molecule has 1 nitrogen and oxygen atoms in total. The second kappa shape index (κ2) is 6.90. The Hall–Kier alpha value is 0.440. The molecule has 1 aliphatic rings. The Morgan fingerprint density at radius 2 is 1.60 bits per heavy atom. The summed E-state index contributed by atoms with van der Waals surface area (Å²) in [6.45, 7) is 8.62. The lowest BCUT2D eigenvalue weighted by molar-refractivity contribution is 0.170. The lowest BCUT2D eigenvalue weighted by Gasteiger charge is -2.35. The van der Waals surface area contributed by atoms with Gasteiger partial charge in [-0.2, -0.15) is 0 Å². The summed E-state index contributed by atoms with van der Waals surface area (Å²) >= 11 is 3.76. The van der Waals surface area contributed by atoms with Crippen LogP contribution >= 0.6 is 15.9 Å². The Balaban J connectivity index is 2.51. The Bertz CT molecular complexity index is 158. The minimum absolute atomic E-state index is 0.549. The first-order valence-electron chi connectivity index (χ1n) is 6.54. The molecule has 0 unspecified atom stereocenters. The van der Waals surface area contributed by atoms with Crippen LogP contribution in [0.15, 0.2) is 0 Å². The Morgan fingerprint density at radius 1 is 1.07 bits per heavy atom. The van der Waals surface area contributed by atoms with Crippen molar-refractivity contribution in [1.82, 2.24) is 4.90 Å². The molecule has 0 N–H and O–H groups in total. The number of hydrogen-bond acceptors (Lipinski definition) is 1. The minimum atomic E-state index is 0.549. The van der Waals surface area contributed by atoms with Gasteiger partial charge in [-0.3, -0.25) is 0 Å². The van der Waals surface area contributed by atoms with Gasteiger partial charge in [0.25, 0.3) is 0 Å². The number of alkyl halides is 1. The van der Waals surface area contributed by atoms with E-state index in [1.807, 2.05) is 0 Å². The average molecular weight is 276 g/mol. The first-order valence-corrected chi connectivity index (χ1v) is 7.67. The first-order chi connectivity index (χ1) is 7.26. The van der Waals surface area contributed by atoms with Crippen LogP contribution in [0.25, 0.3) is 0 Å². The summed E-state index contributed by atoms with van der Waals surface area (Å²) < 4.78 is 0. The van der Waals surface area contributed by atoms with Crippen LogP contribution in [0, 0.1) is 5.41 Å². The summed E-state index contributed by atoms with van der Waals surface area (Å²) in [4.78, 5) is 2.67. The summed E-state index contributed by atoms with van der Waals surface area (Å²) in [7, 11) is 0. The summed E-state index contributed by atoms with van der Waals surface area (Å²) in [6.07, 6.45) is 8.22. The van der Waals surface area contributed by atoms with Crippen molar-refractivity contribution in [1.29, 1.82) is 0 Å². The Labute approximate surface area is 104 Å². The van der Waals surface area contributed by atoms with Crippen molar-refractivity contribution in [3.63, 3.8) is 0 Å². The van der Waals surface area contributed by atoms with Crippen molar-refractivity contribution in [3.05, 3.63) is 0 Å². The smallest absolute Gasteiger partial charge is 0.0100 e. The number of halogens is 1. The van der Waals surface area contributed by atoms with Crippen molar-refractivity contribution in [2.45, 2.75) is 52.4 Å². The van der Waals surface area contributed by atoms with Crippen molar-refractivity contribution in [2.75, 3.05) is 25.0 Å². The summed E-state index contributed by atoms with van der Waals surface area (Å²) in [5.41, 5.74) is 0.549. The molecule has 0 aromatic rings. The molecule has 1 rings (SSSR count). The molecule has 0 aliphatic carbocycles. The zero-order valence-corrected chi connectivity index (χ0v) is 12.0. The molecule has 1 heterocycles. The quantitative estimate of drug-likeness (QED) is 0.634. The van der Waals surface area contributed by atoms with Crippen LogP contribution in [0.5, 0.6) is 0 Å². The van der Waals surface area contributed by atoms with Crippen LogP contribution in [0.4, 0.5) is 0 Å². The summed E-state index contributed by atoms with van der Waals surface area (Å²) in [6, 6.07) is 0. The van der Waals surface area contributed by atoms with Gasteiger partial charge in [0, 0.05) is 11.9 Å². The van der Waals surface area contributed by atoms with Crippen LogP contribution in [0.3, 0.4) is 0 Å². The van der Waals surface area contributed by atoms with Crippen LogP contribution in [0.1, 0.15) is 52.4 Å². The molecule has 0 aromatic carbocycles. The Kier molecular flexibility index (Phi) is 6.21. The minimum Gasteiger partial charge on any atom is -0.303 e. The molecular formula is C13H26BrN. The zero-order valence-electron chi connectivity index (χ0n) is 10.4. The normalized spacial score (nSPS) is 18.6. The lowest BCUT2D eigenvalue weighted by Crippen LogP contribution is -2.37. The maximum atomic E-state index is 3.76. The largest absolute Gasteiger partial charge is 0.303 e. The number of rotatable bonds is 7. The number of nitrogens with zero attached hydrogens (tertiary/aromatic N) is 1. The van der Waals surface area contributed by atoms with Gasteiger partial charge in [-0.15, -0.1) is 0 Å². The van der Waals surface area contributed by atoms with E-state index in [1.54, 1.807) is 0 Å². The molecule has 0 amide bonds. The van der Waals surface area contributed by atoms with E-state index < -0.39 is 0 Å². The predicted octanol–water partition coefficient (Wildman–Crippen LogP) is 4.06. The molecule has 2 heteroatoms. The second-order valence-corrected chi connectivity index (χ2v) is 5.68. The highest BCUT2D eigenvalue weighted by Gasteiger charge is 2.30. The van der Waals surface area contributed by atoms with Gasteiger partial charge < -0.3 is 4.90 Å². The highest BCUT2D eigenvalue weighted by atomic mass is 79.9. The van der Waals surface area contributed by atoms with Gasteiger partial charge in [0.15, 0.2) is 0 Å². The van der Waals surface area contributed by atoms with Crippen molar-refractivity contribution < 1.29 is 0 Å². The second-order valence-electron chi connectivity index (χ2n) is 5.12. The standard InChI is InChI=1S/C13H26BrN/c1-3-7-13(11-14,8-4-2)12-15-9-5-6-10-15/h3-12H2,1-2H3. The molecule has 1 aliphatic heterocycles. The number of hydrogen-bond donors (Lipinski definition) is 0. The molecule has 0 radical (unpaired) electrons.